The predicted molar refractivity (Wildman–Crippen MR) is 113 cm³/mol. The molecule has 29 heavy (non-hydrogen) atoms. The molecule has 1 amide bonds. The maximum absolute atomic E-state index is 13.1. The van der Waals surface area contributed by atoms with Gasteiger partial charge in [-0.05, 0) is 48.6 Å². The summed E-state index contributed by atoms with van der Waals surface area (Å²) in [7, 11) is -1.96. The Morgan fingerprint density at radius 1 is 0.966 bits per heavy atom. The molecule has 2 aromatic rings. The van der Waals surface area contributed by atoms with Gasteiger partial charge in [0.2, 0.25) is 10.0 Å². The van der Waals surface area contributed by atoms with Gasteiger partial charge in [0.25, 0.3) is 5.91 Å². The molecule has 0 bridgehead atoms. The summed E-state index contributed by atoms with van der Waals surface area (Å²) in [5.41, 5.74) is 1.09. The number of ether oxygens (including phenoxy) is 1. The van der Waals surface area contributed by atoms with Crippen molar-refractivity contribution in [1.82, 2.24) is 9.21 Å². The first kappa shape index (κ1) is 20.2. The fourth-order valence-corrected chi connectivity index (χ4v) is 6.71. The van der Waals surface area contributed by atoms with Crippen molar-refractivity contribution >= 4 is 33.0 Å². The minimum Gasteiger partial charge on any atom is -0.497 e. The van der Waals surface area contributed by atoms with E-state index in [9.17, 15) is 13.2 Å². The zero-order chi connectivity index (χ0) is 20.4. The van der Waals surface area contributed by atoms with Crippen LogP contribution in [0.2, 0.25) is 0 Å². The third kappa shape index (κ3) is 3.99. The first-order chi connectivity index (χ1) is 14.0. The topological polar surface area (TPSA) is 70.2 Å². The molecule has 2 aliphatic heterocycles. The highest BCUT2D eigenvalue weighted by Crippen LogP contribution is 2.29. The Morgan fingerprint density at radius 3 is 2.24 bits per heavy atom. The highest BCUT2D eigenvalue weighted by atomic mass is 32.2. The maximum atomic E-state index is 13.1. The second-order valence-electron chi connectivity index (χ2n) is 7.20. The van der Waals surface area contributed by atoms with Crippen molar-refractivity contribution in [3.63, 3.8) is 0 Å². The lowest BCUT2D eigenvalue weighted by atomic mass is 10.2. The lowest BCUT2D eigenvalue weighted by molar-refractivity contribution is 0.0748. The lowest BCUT2D eigenvalue weighted by Crippen LogP contribution is -2.49. The van der Waals surface area contributed by atoms with Crippen LogP contribution in [0.4, 0.5) is 5.69 Å². The minimum absolute atomic E-state index is 0.159. The average Bonchev–Trinajstić information content (AvgIpc) is 3.46. The second-order valence-corrected chi connectivity index (χ2v) is 10.0. The van der Waals surface area contributed by atoms with Crippen molar-refractivity contribution in [3.05, 3.63) is 40.6 Å². The van der Waals surface area contributed by atoms with Gasteiger partial charge in [-0.3, -0.25) is 4.79 Å². The van der Waals surface area contributed by atoms with Crippen molar-refractivity contribution in [1.29, 1.82) is 0 Å². The monoisotopic (exact) mass is 435 g/mol. The first-order valence-electron chi connectivity index (χ1n) is 9.76. The normalized spacial score (nSPS) is 18.2. The molecule has 4 rings (SSSR count). The third-order valence-corrected chi connectivity index (χ3v) is 8.48. The molecule has 2 saturated heterocycles. The van der Waals surface area contributed by atoms with Crippen LogP contribution < -0.4 is 9.64 Å². The molecule has 0 unspecified atom stereocenters. The van der Waals surface area contributed by atoms with E-state index < -0.39 is 10.0 Å². The number of thiophene rings is 1. The van der Waals surface area contributed by atoms with E-state index in [-0.39, 0.29) is 10.8 Å². The van der Waals surface area contributed by atoms with Crippen LogP contribution in [0.3, 0.4) is 0 Å². The Kier molecular flexibility index (Phi) is 5.80. The minimum atomic E-state index is -3.60. The number of methoxy groups -OCH3 is 1. The molecule has 0 spiro atoms. The summed E-state index contributed by atoms with van der Waals surface area (Å²) in [4.78, 5) is 17.6. The van der Waals surface area contributed by atoms with Gasteiger partial charge in [0.15, 0.2) is 0 Å². The van der Waals surface area contributed by atoms with Gasteiger partial charge in [0.05, 0.1) is 7.11 Å². The molecule has 3 heterocycles. The third-order valence-electron chi connectivity index (χ3n) is 5.51. The standard InChI is InChI=1S/C20H25N3O4S2/c1-27-17-6-4-16(5-7-17)21-11-13-22(14-12-21)20(24)19-18(8-15-28-19)29(25,26)23-9-2-3-10-23/h4-8,15H,2-3,9-14H2,1H3. The SMILES string of the molecule is COc1ccc(N2CCN(C(=O)c3sccc3S(=O)(=O)N3CCCC3)CC2)cc1. The van der Waals surface area contributed by atoms with Crippen LogP contribution in [-0.4, -0.2) is 69.9 Å². The number of rotatable bonds is 5. The van der Waals surface area contributed by atoms with Gasteiger partial charge >= 0.3 is 0 Å². The maximum Gasteiger partial charge on any atom is 0.265 e. The van der Waals surface area contributed by atoms with Gasteiger partial charge in [0.1, 0.15) is 15.5 Å². The summed E-state index contributed by atoms with van der Waals surface area (Å²) in [6, 6.07) is 9.44. The molecule has 2 fully saturated rings. The molecule has 0 N–H and O–H groups in total. The van der Waals surface area contributed by atoms with Crippen molar-refractivity contribution in [3.8, 4) is 5.75 Å². The summed E-state index contributed by atoms with van der Waals surface area (Å²) in [5, 5.41) is 1.70. The van der Waals surface area contributed by atoms with Crippen molar-refractivity contribution in [2.45, 2.75) is 17.7 Å². The van der Waals surface area contributed by atoms with Crippen molar-refractivity contribution in [2.75, 3.05) is 51.3 Å². The molecule has 7 nitrogen and oxygen atoms in total. The molecule has 0 radical (unpaired) electrons. The zero-order valence-electron chi connectivity index (χ0n) is 16.4. The first-order valence-corrected chi connectivity index (χ1v) is 12.1. The molecule has 1 aromatic carbocycles. The highest BCUT2D eigenvalue weighted by Gasteiger charge is 2.33. The number of carbonyl (C=O) groups is 1. The number of anilines is 1. The van der Waals surface area contributed by atoms with Crippen LogP contribution in [0.15, 0.2) is 40.6 Å². The van der Waals surface area contributed by atoms with Crippen LogP contribution in [0, 0.1) is 0 Å². The fraction of sp³-hybridized carbons (Fsp3) is 0.450. The molecule has 1 aromatic heterocycles. The summed E-state index contributed by atoms with van der Waals surface area (Å²) in [6.07, 6.45) is 1.75. The lowest BCUT2D eigenvalue weighted by Gasteiger charge is -2.36. The van der Waals surface area contributed by atoms with E-state index in [1.54, 1.807) is 23.5 Å². The Bertz CT molecular complexity index is 958. The second kappa shape index (κ2) is 8.33. The molecule has 156 valence electrons. The molecule has 9 heteroatoms. The van der Waals surface area contributed by atoms with Gasteiger partial charge in [-0.2, -0.15) is 4.31 Å². The van der Waals surface area contributed by atoms with Gasteiger partial charge < -0.3 is 14.5 Å². The Morgan fingerprint density at radius 2 is 1.62 bits per heavy atom. The number of benzene rings is 1. The fourth-order valence-electron chi connectivity index (χ4n) is 3.83. The van der Waals surface area contributed by atoms with E-state index in [0.29, 0.717) is 44.1 Å². The molecule has 0 aliphatic carbocycles. The smallest absolute Gasteiger partial charge is 0.265 e. The number of hydrogen-bond acceptors (Lipinski definition) is 6. The summed E-state index contributed by atoms with van der Waals surface area (Å²) in [6.45, 7) is 3.60. The molecule has 0 atom stereocenters. The van der Waals surface area contributed by atoms with Crippen molar-refractivity contribution in [2.24, 2.45) is 0 Å². The van der Waals surface area contributed by atoms with Gasteiger partial charge in [-0.25, -0.2) is 8.42 Å². The summed E-state index contributed by atoms with van der Waals surface area (Å²) < 4.78 is 32.6. The number of hydrogen-bond donors (Lipinski definition) is 0. The Labute approximate surface area is 175 Å². The molecular formula is C20H25N3O4S2. The van der Waals surface area contributed by atoms with E-state index in [2.05, 4.69) is 4.90 Å². The van der Waals surface area contributed by atoms with E-state index >= 15 is 0 Å². The van der Waals surface area contributed by atoms with E-state index in [1.165, 1.54) is 15.6 Å². The van der Waals surface area contributed by atoms with Crippen LogP contribution in [0.25, 0.3) is 0 Å². The molecule has 0 saturated carbocycles. The number of sulfonamides is 1. The van der Waals surface area contributed by atoms with Crippen molar-refractivity contribution < 1.29 is 17.9 Å². The van der Waals surface area contributed by atoms with Gasteiger partial charge in [0, 0.05) is 45.0 Å². The largest absolute Gasteiger partial charge is 0.497 e. The summed E-state index contributed by atoms with van der Waals surface area (Å²) in [5.74, 6) is 0.624. The highest BCUT2D eigenvalue weighted by molar-refractivity contribution is 7.89. The quantitative estimate of drug-likeness (QED) is 0.722. The Hall–Kier alpha value is -2.10. The molecule has 2 aliphatic rings. The number of carbonyl (C=O) groups excluding carboxylic acids is 1. The van der Waals surface area contributed by atoms with E-state index in [0.717, 1.165) is 24.3 Å². The zero-order valence-corrected chi connectivity index (χ0v) is 18.0. The van der Waals surface area contributed by atoms with Gasteiger partial charge in [-0.1, -0.05) is 0 Å². The Balaban J connectivity index is 1.44. The number of amides is 1. The van der Waals surface area contributed by atoms with E-state index in [4.69, 9.17) is 4.74 Å². The summed E-state index contributed by atoms with van der Waals surface area (Å²) >= 11 is 1.21. The van der Waals surface area contributed by atoms with Crippen LogP contribution in [0.5, 0.6) is 5.75 Å². The number of nitrogens with zero attached hydrogens (tertiary/aromatic N) is 3. The number of piperazine rings is 1. The van der Waals surface area contributed by atoms with Crippen LogP contribution in [0.1, 0.15) is 22.5 Å². The predicted octanol–water partition coefficient (Wildman–Crippen LogP) is 2.50. The van der Waals surface area contributed by atoms with E-state index in [1.807, 2.05) is 24.3 Å². The van der Waals surface area contributed by atoms with Gasteiger partial charge in [-0.15, -0.1) is 11.3 Å². The van der Waals surface area contributed by atoms with Crippen LogP contribution >= 0.6 is 11.3 Å². The average molecular weight is 436 g/mol. The molecular weight excluding hydrogens is 410 g/mol. The van der Waals surface area contributed by atoms with Crippen LogP contribution in [-0.2, 0) is 10.0 Å².